The topological polar surface area (TPSA) is 71.8 Å². The number of aromatic nitrogens is 3. The minimum atomic E-state index is -0.453. The van der Waals surface area contributed by atoms with Gasteiger partial charge in [-0.05, 0) is 39.7 Å². The van der Waals surface area contributed by atoms with Crippen LogP contribution in [0.1, 0.15) is 45.0 Å². The van der Waals surface area contributed by atoms with Crippen LogP contribution in [0.15, 0.2) is 6.33 Å². The molecule has 2 N–H and O–H groups in total. The van der Waals surface area contributed by atoms with Crippen LogP contribution in [0, 0.1) is 0 Å². The first-order valence-corrected chi connectivity index (χ1v) is 6.43. The van der Waals surface area contributed by atoms with Gasteiger partial charge in [0.15, 0.2) is 5.82 Å². The zero-order chi connectivity index (χ0) is 13.2. The first-order chi connectivity index (χ1) is 8.53. The van der Waals surface area contributed by atoms with Crippen LogP contribution in [0.2, 0.25) is 0 Å². The Hall–Kier alpha value is -1.43. The Bertz CT molecular complexity index is 422. The molecular weight excluding hydrogens is 230 g/mol. The molecule has 6 nitrogen and oxygen atoms in total. The number of piperidine rings is 1. The number of nitrogens with zero attached hydrogens (tertiary/aromatic N) is 3. The maximum Gasteiger partial charge on any atom is 0.240 e. The number of carbonyl (C=O) groups is 1. The third-order valence-corrected chi connectivity index (χ3v) is 3.60. The molecule has 1 aliphatic rings. The average Bonchev–Trinajstić information content (AvgIpc) is 2.76. The highest BCUT2D eigenvalue weighted by molar-refractivity contribution is 5.86. The maximum absolute atomic E-state index is 12.3. The Morgan fingerprint density at radius 3 is 2.94 bits per heavy atom. The fourth-order valence-corrected chi connectivity index (χ4v) is 2.35. The molecule has 0 bridgehead atoms. The summed E-state index contributed by atoms with van der Waals surface area (Å²) in [5.41, 5.74) is -0.453. The monoisotopic (exact) mass is 251 g/mol. The van der Waals surface area contributed by atoms with Crippen LogP contribution in [0.3, 0.4) is 0 Å². The minimum absolute atomic E-state index is 0.0395. The van der Waals surface area contributed by atoms with Crippen LogP contribution in [-0.2, 0) is 11.8 Å². The van der Waals surface area contributed by atoms with Crippen molar-refractivity contribution in [2.45, 2.75) is 44.7 Å². The molecule has 0 aliphatic carbocycles. The summed E-state index contributed by atoms with van der Waals surface area (Å²) < 4.78 is 1.82. The van der Waals surface area contributed by atoms with Gasteiger partial charge in [0.25, 0.3) is 0 Å². The van der Waals surface area contributed by atoms with E-state index >= 15 is 0 Å². The van der Waals surface area contributed by atoms with Gasteiger partial charge in [-0.1, -0.05) is 0 Å². The van der Waals surface area contributed by atoms with E-state index < -0.39 is 5.54 Å². The second-order valence-corrected chi connectivity index (χ2v) is 5.21. The van der Waals surface area contributed by atoms with Crippen molar-refractivity contribution in [2.75, 3.05) is 6.54 Å². The number of amides is 1. The number of nitrogens with one attached hydrogen (secondary N) is 2. The summed E-state index contributed by atoms with van der Waals surface area (Å²) in [5.74, 6) is 0.806. The first kappa shape index (κ1) is 13.0. The van der Waals surface area contributed by atoms with Crippen LogP contribution < -0.4 is 10.6 Å². The molecule has 6 heteroatoms. The Balaban J connectivity index is 2.01. The second kappa shape index (κ2) is 5.06. The van der Waals surface area contributed by atoms with Crippen LogP contribution in [0.4, 0.5) is 0 Å². The SMILES string of the molecule is CC(NC(=O)C1(C)CCCCN1)c1nncn1C. The van der Waals surface area contributed by atoms with Crippen molar-refractivity contribution >= 4 is 5.91 Å². The molecule has 100 valence electrons. The van der Waals surface area contributed by atoms with Gasteiger partial charge < -0.3 is 15.2 Å². The molecule has 1 aromatic heterocycles. The largest absolute Gasteiger partial charge is 0.345 e. The highest BCUT2D eigenvalue weighted by Crippen LogP contribution is 2.20. The molecule has 2 atom stereocenters. The molecule has 2 unspecified atom stereocenters. The summed E-state index contributed by atoms with van der Waals surface area (Å²) >= 11 is 0. The smallest absolute Gasteiger partial charge is 0.240 e. The zero-order valence-electron chi connectivity index (χ0n) is 11.2. The molecule has 1 amide bonds. The molecule has 1 aliphatic heterocycles. The van der Waals surface area contributed by atoms with Crippen LogP contribution in [0.5, 0.6) is 0 Å². The summed E-state index contributed by atoms with van der Waals surface area (Å²) in [5, 5.41) is 14.2. The van der Waals surface area contributed by atoms with Gasteiger partial charge >= 0.3 is 0 Å². The highest BCUT2D eigenvalue weighted by atomic mass is 16.2. The van der Waals surface area contributed by atoms with Gasteiger partial charge in [0.05, 0.1) is 11.6 Å². The third-order valence-electron chi connectivity index (χ3n) is 3.60. The molecule has 0 saturated carbocycles. The summed E-state index contributed by atoms with van der Waals surface area (Å²) in [4.78, 5) is 12.3. The van der Waals surface area contributed by atoms with E-state index in [0.717, 1.165) is 31.6 Å². The van der Waals surface area contributed by atoms with E-state index in [1.165, 1.54) is 0 Å². The summed E-state index contributed by atoms with van der Waals surface area (Å²) in [6.07, 6.45) is 4.75. The van der Waals surface area contributed by atoms with E-state index in [-0.39, 0.29) is 11.9 Å². The van der Waals surface area contributed by atoms with Crippen LogP contribution in [-0.4, -0.2) is 32.8 Å². The predicted molar refractivity (Wildman–Crippen MR) is 67.8 cm³/mol. The Morgan fingerprint density at radius 1 is 1.61 bits per heavy atom. The molecule has 0 spiro atoms. The molecule has 0 radical (unpaired) electrons. The van der Waals surface area contributed by atoms with E-state index in [4.69, 9.17) is 0 Å². The third kappa shape index (κ3) is 2.53. The molecule has 0 aromatic carbocycles. The summed E-state index contributed by atoms with van der Waals surface area (Å²) in [6, 6.07) is -0.134. The Morgan fingerprint density at radius 2 is 2.39 bits per heavy atom. The summed E-state index contributed by atoms with van der Waals surface area (Å²) in [6.45, 7) is 4.79. The number of hydrogen-bond acceptors (Lipinski definition) is 4. The van der Waals surface area contributed by atoms with Gasteiger partial charge in [0.1, 0.15) is 6.33 Å². The number of aryl methyl sites for hydroxylation is 1. The van der Waals surface area contributed by atoms with E-state index in [0.29, 0.717) is 0 Å². The molecule has 2 heterocycles. The van der Waals surface area contributed by atoms with Crippen molar-refractivity contribution < 1.29 is 4.79 Å². The van der Waals surface area contributed by atoms with Crippen LogP contribution >= 0.6 is 0 Å². The summed E-state index contributed by atoms with van der Waals surface area (Å²) in [7, 11) is 1.87. The number of carbonyl (C=O) groups excluding carboxylic acids is 1. The minimum Gasteiger partial charge on any atom is -0.345 e. The quantitative estimate of drug-likeness (QED) is 0.821. The van der Waals surface area contributed by atoms with Gasteiger partial charge in [-0.3, -0.25) is 4.79 Å². The number of hydrogen-bond donors (Lipinski definition) is 2. The van der Waals surface area contributed by atoms with Gasteiger partial charge in [0.2, 0.25) is 5.91 Å². The van der Waals surface area contributed by atoms with Crippen molar-refractivity contribution in [1.29, 1.82) is 0 Å². The lowest BCUT2D eigenvalue weighted by molar-refractivity contribution is -0.128. The van der Waals surface area contributed by atoms with Crippen molar-refractivity contribution in [3.05, 3.63) is 12.2 Å². The zero-order valence-corrected chi connectivity index (χ0v) is 11.2. The highest BCUT2D eigenvalue weighted by Gasteiger charge is 2.35. The van der Waals surface area contributed by atoms with Gasteiger partial charge in [-0.15, -0.1) is 10.2 Å². The van der Waals surface area contributed by atoms with E-state index in [1.54, 1.807) is 6.33 Å². The molecule has 1 fully saturated rings. The van der Waals surface area contributed by atoms with Gasteiger partial charge in [0, 0.05) is 7.05 Å². The molecular formula is C12H21N5O. The van der Waals surface area contributed by atoms with Crippen molar-refractivity contribution in [3.63, 3.8) is 0 Å². The van der Waals surface area contributed by atoms with Gasteiger partial charge in [-0.25, -0.2) is 0 Å². The van der Waals surface area contributed by atoms with E-state index in [9.17, 15) is 4.79 Å². The molecule has 2 rings (SSSR count). The number of rotatable bonds is 3. The molecule has 1 saturated heterocycles. The Kier molecular flexibility index (Phi) is 3.65. The normalized spacial score (nSPS) is 25.7. The standard InChI is InChI=1S/C12H21N5O/c1-9(10-16-14-8-17(10)3)15-11(18)12(2)6-4-5-7-13-12/h8-9,13H,4-7H2,1-3H3,(H,15,18). The second-order valence-electron chi connectivity index (χ2n) is 5.21. The lowest BCUT2D eigenvalue weighted by Crippen LogP contribution is -2.57. The fraction of sp³-hybridized carbons (Fsp3) is 0.750. The van der Waals surface area contributed by atoms with Crippen LogP contribution in [0.25, 0.3) is 0 Å². The lowest BCUT2D eigenvalue weighted by atomic mass is 9.90. The maximum atomic E-state index is 12.3. The molecule has 18 heavy (non-hydrogen) atoms. The van der Waals surface area contributed by atoms with Crippen molar-refractivity contribution in [2.24, 2.45) is 7.05 Å². The van der Waals surface area contributed by atoms with E-state index in [2.05, 4.69) is 20.8 Å². The van der Waals surface area contributed by atoms with Crippen molar-refractivity contribution in [3.8, 4) is 0 Å². The predicted octanol–water partition coefficient (Wildman–Crippen LogP) is 0.524. The molecule has 1 aromatic rings. The van der Waals surface area contributed by atoms with Crippen molar-refractivity contribution in [1.82, 2.24) is 25.4 Å². The fourth-order valence-electron chi connectivity index (χ4n) is 2.35. The Labute approximate surface area is 107 Å². The van der Waals surface area contributed by atoms with Gasteiger partial charge in [-0.2, -0.15) is 0 Å². The van der Waals surface area contributed by atoms with E-state index in [1.807, 2.05) is 25.5 Å². The lowest BCUT2D eigenvalue weighted by Gasteiger charge is -2.34. The average molecular weight is 251 g/mol. The first-order valence-electron chi connectivity index (χ1n) is 6.43.